The van der Waals surface area contributed by atoms with E-state index >= 15 is 0 Å². The molecule has 3 heterocycles. The number of nitrogens with zero attached hydrogens (tertiary/aromatic N) is 5. The van der Waals surface area contributed by atoms with Crippen molar-refractivity contribution in [2.75, 3.05) is 57.8 Å². The van der Waals surface area contributed by atoms with Gasteiger partial charge in [0.1, 0.15) is 11.7 Å². The molecule has 8 heteroatoms. The molecule has 0 radical (unpaired) electrons. The van der Waals surface area contributed by atoms with Crippen molar-refractivity contribution in [3.8, 4) is 0 Å². The Morgan fingerprint density at radius 1 is 1.14 bits per heavy atom. The zero-order chi connectivity index (χ0) is 20.4. The summed E-state index contributed by atoms with van der Waals surface area (Å²) >= 11 is 0. The molecular formula is C21H29FN6O. The lowest BCUT2D eigenvalue weighted by Gasteiger charge is -2.37. The smallest absolute Gasteiger partial charge is 0.234 e. The summed E-state index contributed by atoms with van der Waals surface area (Å²) in [4.78, 5) is 27.9. The Balaban J connectivity index is 1.43. The third kappa shape index (κ3) is 4.64. The number of carbonyl (C=O) groups is 1. The first-order chi connectivity index (χ1) is 14.0. The SMILES string of the molecule is Cc1ccc(N2C[C@@H](F)C[C@@H](NC(=O)CN3CCN(C)CC3)C2)c2nccnc12. The Kier molecular flexibility index (Phi) is 5.91. The van der Waals surface area contributed by atoms with Crippen LogP contribution in [-0.2, 0) is 4.79 Å². The van der Waals surface area contributed by atoms with E-state index in [1.54, 1.807) is 12.4 Å². The Hall–Kier alpha value is -2.32. The molecule has 1 aromatic heterocycles. The zero-order valence-electron chi connectivity index (χ0n) is 17.1. The second-order valence-electron chi connectivity index (χ2n) is 8.24. The largest absolute Gasteiger partial charge is 0.365 e. The van der Waals surface area contributed by atoms with E-state index in [0.717, 1.165) is 48.5 Å². The predicted octanol–water partition coefficient (Wildman–Crippen LogP) is 1.22. The fourth-order valence-electron chi connectivity index (χ4n) is 4.25. The maximum atomic E-state index is 14.6. The van der Waals surface area contributed by atoms with Crippen molar-refractivity contribution in [1.82, 2.24) is 25.1 Å². The molecule has 2 aliphatic heterocycles. The molecule has 4 rings (SSSR count). The molecule has 156 valence electrons. The summed E-state index contributed by atoms with van der Waals surface area (Å²) in [6.45, 7) is 6.97. The molecule has 0 aliphatic carbocycles. The third-order valence-corrected chi connectivity index (χ3v) is 5.87. The number of anilines is 1. The van der Waals surface area contributed by atoms with E-state index in [2.05, 4.69) is 32.1 Å². The molecule has 1 aromatic carbocycles. The van der Waals surface area contributed by atoms with Crippen LogP contribution in [0.15, 0.2) is 24.5 Å². The number of nitrogens with one attached hydrogen (secondary N) is 1. The number of hydrogen-bond donors (Lipinski definition) is 1. The van der Waals surface area contributed by atoms with Gasteiger partial charge in [0.25, 0.3) is 0 Å². The standard InChI is InChI=1S/C21H29FN6O/c1-15-3-4-18(21-20(15)23-5-6-24-21)28-12-16(22)11-17(13-28)25-19(29)14-27-9-7-26(2)8-10-27/h3-6,16-17H,7-14H2,1-2H3,(H,25,29)/t16-,17+/m0/s1. The Morgan fingerprint density at radius 2 is 1.86 bits per heavy atom. The zero-order valence-corrected chi connectivity index (χ0v) is 17.1. The lowest BCUT2D eigenvalue weighted by Crippen LogP contribution is -2.54. The van der Waals surface area contributed by atoms with Gasteiger partial charge >= 0.3 is 0 Å². The summed E-state index contributed by atoms with van der Waals surface area (Å²) in [7, 11) is 2.09. The topological polar surface area (TPSA) is 64.6 Å². The summed E-state index contributed by atoms with van der Waals surface area (Å²) in [5.41, 5.74) is 3.54. The van der Waals surface area contributed by atoms with Gasteiger partial charge in [-0.25, -0.2) is 4.39 Å². The molecule has 2 aliphatic rings. The number of halogens is 1. The number of fused-ring (bicyclic) bond motifs is 1. The van der Waals surface area contributed by atoms with Crippen molar-refractivity contribution in [1.29, 1.82) is 0 Å². The number of alkyl halides is 1. The van der Waals surface area contributed by atoms with E-state index in [9.17, 15) is 9.18 Å². The van der Waals surface area contributed by atoms with Crippen molar-refractivity contribution in [3.63, 3.8) is 0 Å². The van der Waals surface area contributed by atoms with Crippen LogP contribution in [0.2, 0.25) is 0 Å². The van der Waals surface area contributed by atoms with Gasteiger partial charge in [-0.3, -0.25) is 19.7 Å². The second-order valence-corrected chi connectivity index (χ2v) is 8.24. The van der Waals surface area contributed by atoms with Crippen LogP contribution in [0.1, 0.15) is 12.0 Å². The van der Waals surface area contributed by atoms with Crippen LogP contribution in [0.5, 0.6) is 0 Å². The summed E-state index contributed by atoms with van der Waals surface area (Å²) in [6.07, 6.45) is 2.69. The molecular weight excluding hydrogens is 371 g/mol. The third-order valence-electron chi connectivity index (χ3n) is 5.87. The first kappa shape index (κ1) is 20.0. The Bertz CT molecular complexity index is 869. The van der Waals surface area contributed by atoms with E-state index < -0.39 is 6.17 Å². The van der Waals surface area contributed by atoms with Crippen LogP contribution in [0.4, 0.5) is 10.1 Å². The first-order valence-electron chi connectivity index (χ1n) is 10.3. The molecule has 2 atom stereocenters. The minimum absolute atomic E-state index is 0.0258. The number of piperazine rings is 1. The molecule has 0 saturated carbocycles. The van der Waals surface area contributed by atoms with Gasteiger partial charge < -0.3 is 15.1 Å². The highest BCUT2D eigenvalue weighted by atomic mass is 19.1. The normalized spacial score (nSPS) is 24.0. The molecule has 0 spiro atoms. The molecule has 0 unspecified atom stereocenters. The molecule has 2 fully saturated rings. The number of likely N-dealkylation sites (N-methyl/N-ethyl adjacent to an activating group) is 1. The highest BCUT2D eigenvalue weighted by molar-refractivity contribution is 5.90. The lowest BCUT2D eigenvalue weighted by molar-refractivity contribution is -0.123. The van der Waals surface area contributed by atoms with E-state index in [0.29, 0.717) is 26.1 Å². The molecule has 29 heavy (non-hydrogen) atoms. The highest BCUT2D eigenvalue weighted by Gasteiger charge is 2.30. The van der Waals surface area contributed by atoms with E-state index in [-0.39, 0.29) is 11.9 Å². The predicted molar refractivity (Wildman–Crippen MR) is 112 cm³/mol. The average Bonchev–Trinajstić information content (AvgIpc) is 2.70. The van der Waals surface area contributed by atoms with Crippen molar-refractivity contribution >= 4 is 22.6 Å². The van der Waals surface area contributed by atoms with Gasteiger partial charge in [0.2, 0.25) is 5.91 Å². The fourth-order valence-corrected chi connectivity index (χ4v) is 4.25. The number of aromatic nitrogens is 2. The summed E-state index contributed by atoms with van der Waals surface area (Å²) < 4.78 is 14.6. The lowest BCUT2D eigenvalue weighted by atomic mass is 10.0. The highest BCUT2D eigenvalue weighted by Crippen LogP contribution is 2.29. The van der Waals surface area contributed by atoms with Crippen LogP contribution in [0, 0.1) is 6.92 Å². The summed E-state index contributed by atoms with van der Waals surface area (Å²) in [5, 5.41) is 3.06. The summed E-state index contributed by atoms with van der Waals surface area (Å²) in [5.74, 6) is -0.0258. The minimum Gasteiger partial charge on any atom is -0.365 e. The van der Waals surface area contributed by atoms with Crippen molar-refractivity contribution < 1.29 is 9.18 Å². The van der Waals surface area contributed by atoms with Crippen molar-refractivity contribution in [3.05, 3.63) is 30.1 Å². The summed E-state index contributed by atoms with van der Waals surface area (Å²) in [6, 6.07) is 3.76. The van der Waals surface area contributed by atoms with Crippen LogP contribution in [-0.4, -0.2) is 90.7 Å². The van der Waals surface area contributed by atoms with Crippen molar-refractivity contribution in [2.45, 2.75) is 25.6 Å². The number of benzene rings is 1. The second kappa shape index (κ2) is 8.59. The van der Waals surface area contributed by atoms with Gasteiger partial charge in [0.15, 0.2) is 0 Å². The van der Waals surface area contributed by atoms with Crippen LogP contribution >= 0.6 is 0 Å². The molecule has 2 saturated heterocycles. The monoisotopic (exact) mass is 400 g/mol. The van der Waals surface area contributed by atoms with Crippen LogP contribution in [0.25, 0.3) is 11.0 Å². The number of hydrogen-bond acceptors (Lipinski definition) is 6. The average molecular weight is 401 g/mol. The molecule has 0 bridgehead atoms. The van der Waals surface area contributed by atoms with Crippen LogP contribution in [0.3, 0.4) is 0 Å². The van der Waals surface area contributed by atoms with Gasteiger partial charge in [0, 0.05) is 64.1 Å². The quantitative estimate of drug-likeness (QED) is 0.833. The fraction of sp³-hybridized carbons (Fsp3) is 0.571. The van der Waals surface area contributed by atoms with Gasteiger partial charge in [-0.05, 0) is 25.6 Å². The van der Waals surface area contributed by atoms with Gasteiger partial charge in [-0.15, -0.1) is 0 Å². The van der Waals surface area contributed by atoms with Gasteiger partial charge in [-0.2, -0.15) is 0 Å². The number of carbonyl (C=O) groups excluding carboxylic acids is 1. The van der Waals surface area contributed by atoms with E-state index in [1.165, 1.54) is 0 Å². The molecule has 1 amide bonds. The minimum atomic E-state index is -0.995. The number of aryl methyl sites for hydroxylation is 1. The Morgan fingerprint density at radius 3 is 2.62 bits per heavy atom. The van der Waals surface area contributed by atoms with Crippen molar-refractivity contribution in [2.24, 2.45) is 0 Å². The van der Waals surface area contributed by atoms with E-state index in [4.69, 9.17) is 0 Å². The van der Waals surface area contributed by atoms with Crippen LogP contribution < -0.4 is 10.2 Å². The number of amides is 1. The maximum absolute atomic E-state index is 14.6. The van der Waals surface area contributed by atoms with E-state index in [1.807, 2.05) is 24.0 Å². The maximum Gasteiger partial charge on any atom is 0.234 e. The molecule has 2 aromatic rings. The van der Waals surface area contributed by atoms with Gasteiger partial charge in [0.05, 0.1) is 17.7 Å². The van der Waals surface area contributed by atoms with Gasteiger partial charge in [-0.1, -0.05) is 6.07 Å². The first-order valence-corrected chi connectivity index (χ1v) is 10.3. The number of rotatable bonds is 4. The molecule has 7 nitrogen and oxygen atoms in total. The molecule has 1 N–H and O–H groups in total. The number of piperidine rings is 1. The Labute approximate surface area is 170 Å².